The predicted molar refractivity (Wildman–Crippen MR) is 252 cm³/mol. The number of allylic oxidation sites excluding steroid dienone is 1. The quantitative estimate of drug-likeness (QED) is 0.0575. The van der Waals surface area contributed by atoms with Gasteiger partial charge in [0.05, 0.1) is 31.3 Å². The number of benzene rings is 3. The van der Waals surface area contributed by atoms with Gasteiger partial charge in [-0.25, -0.2) is 22.3 Å². The molecule has 2 aliphatic heterocycles. The average molecular weight is 941 g/mol. The van der Waals surface area contributed by atoms with Crippen molar-refractivity contribution in [3.05, 3.63) is 117 Å². The van der Waals surface area contributed by atoms with E-state index in [0.717, 1.165) is 61.1 Å². The van der Waals surface area contributed by atoms with Crippen LogP contribution in [0.3, 0.4) is 0 Å². The number of hydrogen-bond donors (Lipinski definition) is 3. The minimum atomic E-state index is -4.62. The molecule has 1 amide bonds. The molecule has 0 unspecified atom stereocenters. The van der Waals surface area contributed by atoms with Gasteiger partial charge in [0.1, 0.15) is 22.8 Å². The third-order valence-corrected chi connectivity index (χ3v) is 16.3. The fourth-order valence-corrected chi connectivity index (χ4v) is 11.8. The van der Waals surface area contributed by atoms with Gasteiger partial charge in [-0.05, 0) is 103 Å². The number of hydrogen-bond acceptors (Lipinski definition) is 13. The SMILES string of the molecule is CC1(C)CCC(CN2CCN(c3ccc(C(=O)NS(=O)(=O)c4ccc(NCC5CCS(=O)(=NC#N)CC5)c([N+](=O)[O-])c4)c(Oc4cnc5[nH]ccc5c4)c3)CC2)=C(c2ccc(Cl)cc2)C1. The van der Waals surface area contributed by atoms with Crippen LogP contribution in [0.15, 0.2) is 100 Å². The maximum atomic E-state index is 14.0. The van der Waals surface area contributed by atoms with Crippen molar-refractivity contribution in [3.63, 3.8) is 0 Å². The zero-order valence-electron chi connectivity index (χ0n) is 36.1. The van der Waals surface area contributed by atoms with E-state index in [1.807, 2.05) is 18.2 Å². The third kappa shape index (κ3) is 10.8. The number of nitrogens with zero attached hydrogens (tertiary/aromatic N) is 6. The van der Waals surface area contributed by atoms with Gasteiger partial charge >= 0.3 is 0 Å². The first-order valence-corrected chi connectivity index (χ1v) is 25.2. The lowest BCUT2D eigenvalue weighted by molar-refractivity contribution is -0.384. The van der Waals surface area contributed by atoms with Crippen molar-refractivity contribution in [3.8, 4) is 17.7 Å². The number of aromatic amines is 1. The number of aromatic nitrogens is 2. The number of fused-ring (bicyclic) bond motifs is 1. The molecular formula is C46H50ClN9O7S2. The van der Waals surface area contributed by atoms with Crippen LogP contribution in [0, 0.1) is 32.9 Å². The van der Waals surface area contributed by atoms with Gasteiger partial charge in [0, 0.05) is 85.2 Å². The highest BCUT2D eigenvalue weighted by molar-refractivity contribution is 7.93. The molecule has 2 saturated heterocycles. The normalized spacial score (nSPS) is 20.2. The Hall–Kier alpha value is -6.00. The summed E-state index contributed by atoms with van der Waals surface area (Å²) < 4.78 is 52.1. The summed E-state index contributed by atoms with van der Waals surface area (Å²) in [5, 5.41) is 25.5. The number of H-pyrrole nitrogens is 1. The maximum absolute atomic E-state index is 14.0. The molecule has 3 aromatic carbocycles. The Kier molecular flexibility index (Phi) is 13.2. The van der Waals surface area contributed by atoms with E-state index in [9.17, 15) is 27.5 Å². The molecule has 4 heterocycles. The van der Waals surface area contributed by atoms with E-state index in [0.29, 0.717) is 43.9 Å². The molecule has 19 heteroatoms. The number of piperazine rings is 1. The lowest BCUT2D eigenvalue weighted by Crippen LogP contribution is -2.47. The second-order valence-electron chi connectivity index (χ2n) is 17.6. The minimum absolute atomic E-state index is 0.0147. The highest BCUT2D eigenvalue weighted by Gasteiger charge is 2.31. The van der Waals surface area contributed by atoms with Crippen LogP contribution in [-0.2, 0) is 19.8 Å². The van der Waals surface area contributed by atoms with Crippen LogP contribution >= 0.6 is 11.6 Å². The summed E-state index contributed by atoms with van der Waals surface area (Å²) in [4.78, 5) is 37.1. The molecule has 5 aromatic rings. The predicted octanol–water partition coefficient (Wildman–Crippen LogP) is 8.59. The first-order chi connectivity index (χ1) is 31.1. The summed E-state index contributed by atoms with van der Waals surface area (Å²) in [6.07, 6.45) is 9.05. The van der Waals surface area contributed by atoms with Crippen molar-refractivity contribution in [2.24, 2.45) is 15.7 Å². The van der Waals surface area contributed by atoms with Crippen molar-refractivity contribution < 1.29 is 27.1 Å². The molecule has 3 aliphatic rings. The molecule has 2 fully saturated rings. The topological polar surface area (TPSA) is 216 Å². The molecule has 8 rings (SSSR count). The fourth-order valence-electron chi connectivity index (χ4n) is 8.77. The summed E-state index contributed by atoms with van der Waals surface area (Å²) in [5.74, 6) is -0.0442. The number of ether oxygens (including phenoxy) is 1. The monoisotopic (exact) mass is 939 g/mol. The molecule has 1 aliphatic carbocycles. The Morgan fingerprint density at radius 2 is 1.83 bits per heavy atom. The second kappa shape index (κ2) is 18.8. The van der Waals surface area contributed by atoms with E-state index in [1.165, 1.54) is 41.1 Å². The summed E-state index contributed by atoms with van der Waals surface area (Å²) in [7, 11) is -7.20. The van der Waals surface area contributed by atoms with E-state index in [-0.39, 0.29) is 39.8 Å². The van der Waals surface area contributed by atoms with E-state index >= 15 is 0 Å². The molecule has 0 saturated carbocycles. The van der Waals surface area contributed by atoms with Crippen LogP contribution in [-0.4, -0.2) is 89.1 Å². The maximum Gasteiger partial charge on any atom is 0.293 e. The zero-order valence-corrected chi connectivity index (χ0v) is 38.5. The number of amides is 1. The number of sulfonamides is 1. The van der Waals surface area contributed by atoms with Crippen LogP contribution in [0.4, 0.5) is 17.1 Å². The number of nitro benzene ring substituents is 1. The van der Waals surface area contributed by atoms with E-state index in [4.69, 9.17) is 21.6 Å². The van der Waals surface area contributed by atoms with Gasteiger partial charge in [-0.1, -0.05) is 43.2 Å². The molecule has 16 nitrogen and oxygen atoms in total. The number of nitriles is 1. The molecular weight excluding hydrogens is 890 g/mol. The lowest BCUT2D eigenvalue weighted by Gasteiger charge is -2.39. The fraction of sp³-hybridized carbons (Fsp3) is 0.370. The number of nitrogens with one attached hydrogen (secondary N) is 3. The minimum Gasteiger partial charge on any atom is -0.455 e. The molecule has 340 valence electrons. The Morgan fingerprint density at radius 3 is 2.55 bits per heavy atom. The van der Waals surface area contributed by atoms with Gasteiger partial charge < -0.3 is 19.9 Å². The van der Waals surface area contributed by atoms with E-state index < -0.39 is 41.2 Å². The zero-order chi connectivity index (χ0) is 45.9. The van der Waals surface area contributed by atoms with Gasteiger partial charge in [-0.2, -0.15) is 5.26 Å². The Labute approximate surface area is 383 Å². The van der Waals surface area contributed by atoms with Crippen molar-refractivity contribution in [2.75, 3.05) is 61.0 Å². The molecule has 0 atom stereocenters. The molecule has 0 spiro atoms. The molecule has 2 aromatic heterocycles. The summed E-state index contributed by atoms with van der Waals surface area (Å²) >= 11 is 6.24. The van der Waals surface area contributed by atoms with Crippen LogP contribution in [0.2, 0.25) is 5.02 Å². The highest BCUT2D eigenvalue weighted by Crippen LogP contribution is 2.43. The van der Waals surface area contributed by atoms with Gasteiger partial charge in [-0.15, -0.1) is 4.36 Å². The van der Waals surface area contributed by atoms with E-state index in [1.54, 1.807) is 30.6 Å². The summed E-state index contributed by atoms with van der Waals surface area (Å²) in [6.45, 7) is 8.83. The number of carbonyl (C=O) groups is 1. The number of halogens is 1. The second-order valence-corrected chi connectivity index (χ2v) is 22.3. The first-order valence-electron chi connectivity index (χ1n) is 21.5. The summed E-state index contributed by atoms with van der Waals surface area (Å²) in [5.41, 5.74) is 5.23. The Balaban J connectivity index is 0.987. The first kappa shape index (κ1) is 45.6. The van der Waals surface area contributed by atoms with Gasteiger partial charge in [0.25, 0.3) is 21.6 Å². The van der Waals surface area contributed by atoms with Crippen LogP contribution in [0.25, 0.3) is 16.6 Å². The van der Waals surface area contributed by atoms with Gasteiger partial charge in [0.15, 0.2) is 0 Å². The van der Waals surface area contributed by atoms with Crippen LogP contribution < -0.4 is 19.7 Å². The van der Waals surface area contributed by atoms with E-state index in [2.05, 4.69) is 60.1 Å². The lowest BCUT2D eigenvalue weighted by atomic mass is 9.72. The Morgan fingerprint density at radius 1 is 1.08 bits per heavy atom. The number of rotatable bonds is 13. The summed E-state index contributed by atoms with van der Waals surface area (Å²) in [6, 6.07) is 20.1. The van der Waals surface area contributed by atoms with Crippen LogP contribution in [0.1, 0.15) is 61.9 Å². The van der Waals surface area contributed by atoms with Crippen molar-refractivity contribution in [1.82, 2.24) is 19.6 Å². The highest BCUT2D eigenvalue weighted by atomic mass is 35.5. The largest absolute Gasteiger partial charge is 0.455 e. The number of nitro groups is 1. The molecule has 0 radical (unpaired) electrons. The third-order valence-electron chi connectivity index (χ3n) is 12.5. The standard InChI is InChI=1S/C46H50ClN9O7S2/c1-46(2)15-11-34(40(26-46)32-3-5-35(47)6-4-32)29-54-17-19-55(20-18-54)36-7-9-39(43(24-36)63-37-23-33-12-16-49-44(33)51-28-37)45(57)53-65(61,62)38-8-10-41(42(25-38)56(58)59)50-27-31-13-21-64(60,22-14-31)52-30-48/h3-10,12,16,23-25,28,31,50H,11,13-15,17-22,26-27,29H2,1-2H3,(H,49,51)(H,53,57). The smallest absolute Gasteiger partial charge is 0.293 e. The van der Waals surface area contributed by atoms with Crippen LogP contribution in [0.5, 0.6) is 11.5 Å². The average Bonchev–Trinajstić information content (AvgIpc) is 3.75. The number of pyridine rings is 1. The molecule has 65 heavy (non-hydrogen) atoms. The van der Waals surface area contributed by atoms with Crippen molar-refractivity contribution in [1.29, 1.82) is 5.26 Å². The van der Waals surface area contributed by atoms with Crippen molar-refractivity contribution >= 4 is 70.9 Å². The van der Waals surface area contributed by atoms with Crippen molar-refractivity contribution in [2.45, 2.75) is 50.8 Å². The Bertz CT molecular complexity index is 2940. The van der Waals surface area contributed by atoms with Gasteiger partial charge in [0.2, 0.25) is 6.19 Å². The van der Waals surface area contributed by atoms with Gasteiger partial charge in [-0.3, -0.25) is 19.8 Å². The molecule has 3 N–H and O–H groups in total. The molecule has 0 bridgehead atoms. The number of carbonyl (C=O) groups excluding carboxylic acids is 1. The number of anilines is 2.